The number of ether oxygens (including phenoxy) is 1. The van der Waals surface area contributed by atoms with Crippen molar-refractivity contribution in [3.05, 3.63) is 96.5 Å². The summed E-state index contributed by atoms with van der Waals surface area (Å²) in [5.74, 6) is 0.0864. The Labute approximate surface area is 185 Å². The number of amides is 1. The monoisotopic (exact) mass is 421 g/mol. The minimum absolute atomic E-state index is 0.0456. The van der Waals surface area contributed by atoms with Crippen LogP contribution in [0.4, 0.5) is 5.69 Å². The van der Waals surface area contributed by atoms with E-state index in [2.05, 4.69) is 10.3 Å². The van der Waals surface area contributed by atoms with Gasteiger partial charge in [0.05, 0.1) is 12.8 Å². The fourth-order valence-corrected chi connectivity index (χ4v) is 3.14. The number of rotatable bonds is 6. The van der Waals surface area contributed by atoms with Crippen LogP contribution in [0.25, 0.3) is 23.0 Å². The lowest BCUT2D eigenvalue weighted by Crippen LogP contribution is -2.13. The summed E-state index contributed by atoms with van der Waals surface area (Å²) in [6.07, 6.45) is 6.68. The average Bonchev–Trinajstić information content (AvgIpc) is 3.27. The second kappa shape index (κ2) is 9.41. The van der Waals surface area contributed by atoms with Crippen LogP contribution in [0, 0.1) is 11.3 Å². The van der Waals surface area contributed by atoms with E-state index in [-0.39, 0.29) is 5.57 Å². The molecule has 0 saturated carbocycles. The zero-order valence-corrected chi connectivity index (χ0v) is 17.3. The van der Waals surface area contributed by atoms with Crippen LogP contribution in [0.1, 0.15) is 5.56 Å². The molecule has 0 radical (unpaired) electrons. The summed E-state index contributed by atoms with van der Waals surface area (Å²) in [6, 6.07) is 22.2. The third-order valence-electron chi connectivity index (χ3n) is 4.71. The minimum Gasteiger partial charge on any atom is -0.497 e. The number of carbonyl (C=O) groups excluding carboxylic acids is 1. The van der Waals surface area contributed by atoms with Gasteiger partial charge in [0, 0.05) is 41.5 Å². The number of benzene rings is 2. The molecule has 4 aromatic rings. The standard InChI is InChI=1S/C25H19N5O2/c1-32-23-9-5-6-21(15-23)28-25(31)19(16-26)14-20-17-30(22-7-3-2-4-8-22)29-24(20)18-10-12-27-13-11-18/h2-15,17H,1H3,(H,28,31)/b19-14+. The molecule has 0 spiro atoms. The summed E-state index contributed by atoms with van der Waals surface area (Å²) in [5.41, 5.74) is 3.45. The predicted molar refractivity (Wildman–Crippen MR) is 122 cm³/mol. The first kappa shape index (κ1) is 20.6. The van der Waals surface area contributed by atoms with Gasteiger partial charge in [-0.05, 0) is 42.5 Å². The van der Waals surface area contributed by atoms with Gasteiger partial charge in [-0.3, -0.25) is 9.78 Å². The van der Waals surface area contributed by atoms with Gasteiger partial charge < -0.3 is 10.1 Å². The SMILES string of the molecule is COc1cccc(NC(=O)/C(C#N)=C/c2cn(-c3ccccc3)nc2-c2ccncc2)c1. The Bertz CT molecular complexity index is 1310. The molecule has 32 heavy (non-hydrogen) atoms. The molecule has 0 bridgehead atoms. The molecular formula is C25H19N5O2. The van der Waals surface area contributed by atoms with Crippen molar-refractivity contribution in [2.45, 2.75) is 0 Å². The lowest BCUT2D eigenvalue weighted by Gasteiger charge is -2.06. The lowest BCUT2D eigenvalue weighted by molar-refractivity contribution is -0.112. The van der Waals surface area contributed by atoms with Crippen LogP contribution in [0.5, 0.6) is 5.75 Å². The van der Waals surface area contributed by atoms with Crippen LogP contribution in [0.15, 0.2) is 90.9 Å². The first-order chi connectivity index (χ1) is 15.7. The Hall–Kier alpha value is -4.70. The van der Waals surface area contributed by atoms with Gasteiger partial charge in [0.1, 0.15) is 23.1 Å². The molecule has 2 heterocycles. The highest BCUT2D eigenvalue weighted by atomic mass is 16.5. The molecule has 0 unspecified atom stereocenters. The fourth-order valence-electron chi connectivity index (χ4n) is 3.14. The van der Waals surface area contributed by atoms with Crippen LogP contribution in [-0.2, 0) is 4.79 Å². The summed E-state index contributed by atoms with van der Waals surface area (Å²) in [6.45, 7) is 0. The molecule has 0 aliphatic rings. The maximum absolute atomic E-state index is 12.8. The highest BCUT2D eigenvalue weighted by Gasteiger charge is 2.15. The normalized spacial score (nSPS) is 10.9. The summed E-state index contributed by atoms with van der Waals surface area (Å²) in [4.78, 5) is 16.8. The van der Waals surface area contributed by atoms with Gasteiger partial charge in [-0.15, -0.1) is 0 Å². The van der Waals surface area contributed by atoms with E-state index < -0.39 is 5.91 Å². The molecule has 156 valence electrons. The Morgan fingerprint density at radius 3 is 2.59 bits per heavy atom. The van der Waals surface area contributed by atoms with Crippen LogP contribution in [-0.4, -0.2) is 27.8 Å². The van der Waals surface area contributed by atoms with Crippen LogP contribution in [0.2, 0.25) is 0 Å². The van der Waals surface area contributed by atoms with E-state index in [1.807, 2.05) is 48.5 Å². The van der Waals surface area contributed by atoms with E-state index in [1.165, 1.54) is 6.08 Å². The van der Waals surface area contributed by atoms with E-state index in [1.54, 1.807) is 54.6 Å². The van der Waals surface area contributed by atoms with Gasteiger partial charge >= 0.3 is 0 Å². The first-order valence-electron chi connectivity index (χ1n) is 9.80. The number of hydrogen-bond donors (Lipinski definition) is 1. The second-order valence-electron chi connectivity index (χ2n) is 6.80. The average molecular weight is 421 g/mol. The third-order valence-corrected chi connectivity index (χ3v) is 4.71. The number of para-hydroxylation sites is 1. The molecule has 2 aromatic carbocycles. The number of pyridine rings is 1. The van der Waals surface area contributed by atoms with Gasteiger partial charge in [-0.2, -0.15) is 10.4 Å². The van der Waals surface area contributed by atoms with E-state index >= 15 is 0 Å². The summed E-state index contributed by atoms with van der Waals surface area (Å²) in [5, 5.41) is 17.1. The van der Waals surface area contributed by atoms with Gasteiger partial charge in [0.15, 0.2) is 0 Å². The van der Waals surface area contributed by atoms with Crippen molar-refractivity contribution >= 4 is 17.7 Å². The molecule has 7 heteroatoms. The Kier molecular flexibility index (Phi) is 6.05. The fraction of sp³-hybridized carbons (Fsp3) is 0.0400. The van der Waals surface area contributed by atoms with Crippen molar-refractivity contribution in [1.29, 1.82) is 5.26 Å². The Morgan fingerprint density at radius 2 is 1.88 bits per heavy atom. The molecule has 7 nitrogen and oxygen atoms in total. The van der Waals surface area contributed by atoms with Crippen molar-refractivity contribution in [2.24, 2.45) is 0 Å². The van der Waals surface area contributed by atoms with Gasteiger partial charge in [-0.1, -0.05) is 24.3 Å². The molecular weight excluding hydrogens is 402 g/mol. The number of nitrogens with zero attached hydrogens (tertiary/aromatic N) is 4. The smallest absolute Gasteiger partial charge is 0.266 e. The quantitative estimate of drug-likeness (QED) is 0.366. The first-order valence-corrected chi connectivity index (χ1v) is 9.80. The van der Waals surface area contributed by atoms with Crippen molar-refractivity contribution in [3.63, 3.8) is 0 Å². The van der Waals surface area contributed by atoms with Crippen LogP contribution < -0.4 is 10.1 Å². The molecule has 0 saturated heterocycles. The van der Waals surface area contributed by atoms with Crippen molar-refractivity contribution in [1.82, 2.24) is 14.8 Å². The molecule has 0 aliphatic carbocycles. The number of methoxy groups -OCH3 is 1. The van der Waals surface area contributed by atoms with Gasteiger partial charge in [-0.25, -0.2) is 4.68 Å². The van der Waals surface area contributed by atoms with E-state index in [9.17, 15) is 10.1 Å². The second-order valence-corrected chi connectivity index (χ2v) is 6.80. The van der Waals surface area contributed by atoms with E-state index in [0.717, 1.165) is 11.3 Å². The maximum atomic E-state index is 12.8. The molecule has 0 fully saturated rings. The predicted octanol–water partition coefficient (Wildman–Crippen LogP) is 4.49. The highest BCUT2D eigenvalue weighted by molar-refractivity contribution is 6.10. The number of aromatic nitrogens is 3. The van der Waals surface area contributed by atoms with Crippen LogP contribution in [0.3, 0.4) is 0 Å². The summed E-state index contributed by atoms with van der Waals surface area (Å²) >= 11 is 0. The number of hydrogen-bond acceptors (Lipinski definition) is 5. The van der Waals surface area contributed by atoms with E-state index in [0.29, 0.717) is 22.7 Å². The number of nitrogens with one attached hydrogen (secondary N) is 1. The lowest BCUT2D eigenvalue weighted by atomic mass is 10.1. The van der Waals surface area contributed by atoms with Crippen molar-refractivity contribution < 1.29 is 9.53 Å². The molecule has 1 N–H and O–H groups in total. The number of anilines is 1. The minimum atomic E-state index is -0.520. The van der Waals surface area contributed by atoms with Crippen molar-refractivity contribution in [3.8, 4) is 28.8 Å². The largest absolute Gasteiger partial charge is 0.497 e. The Morgan fingerprint density at radius 1 is 1.09 bits per heavy atom. The van der Waals surface area contributed by atoms with Gasteiger partial charge in [0.25, 0.3) is 5.91 Å². The summed E-state index contributed by atoms with van der Waals surface area (Å²) < 4.78 is 6.90. The molecule has 2 aromatic heterocycles. The third kappa shape index (κ3) is 4.55. The highest BCUT2D eigenvalue weighted by Crippen LogP contribution is 2.26. The molecule has 0 aliphatic heterocycles. The molecule has 4 rings (SSSR count). The number of carbonyl (C=O) groups is 1. The van der Waals surface area contributed by atoms with E-state index in [4.69, 9.17) is 9.84 Å². The van der Waals surface area contributed by atoms with Crippen molar-refractivity contribution in [2.75, 3.05) is 12.4 Å². The zero-order valence-electron chi connectivity index (χ0n) is 17.3. The van der Waals surface area contributed by atoms with Crippen LogP contribution >= 0.6 is 0 Å². The number of nitriles is 1. The maximum Gasteiger partial charge on any atom is 0.266 e. The zero-order chi connectivity index (χ0) is 22.3. The molecule has 1 amide bonds. The Balaban J connectivity index is 1.72. The van der Waals surface area contributed by atoms with Gasteiger partial charge in [0.2, 0.25) is 0 Å². The molecule has 0 atom stereocenters. The topological polar surface area (TPSA) is 92.8 Å². The summed E-state index contributed by atoms with van der Waals surface area (Å²) in [7, 11) is 1.55.